The van der Waals surface area contributed by atoms with Gasteiger partial charge in [0.15, 0.2) is 0 Å². The highest BCUT2D eigenvalue weighted by molar-refractivity contribution is 5.39. The third-order valence-corrected chi connectivity index (χ3v) is 6.38. The van der Waals surface area contributed by atoms with Gasteiger partial charge in [-0.2, -0.15) is 0 Å². The number of furan rings is 1. The van der Waals surface area contributed by atoms with Gasteiger partial charge in [0.1, 0.15) is 18.1 Å². The Hall–Kier alpha value is -2.00. The number of aromatic nitrogens is 2. The van der Waals surface area contributed by atoms with Crippen molar-refractivity contribution in [2.24, 2.45) is 0 Å². The van der Waals surface area contributed by atoms with Crippen LogP contribution in [-0.4, -0.2) is 65.0 Å². The van der Waals surface area contributed by atoms with Crippen molar-refractivity contribution >= 4 is 5.95 Å². The molecule has 3 aliphatic rings. The molecule has 3 aliphatic heterocycles. The number of anilines is 1. The van der Waals surface area contributed by atoms with Gasteiger partial charge in [-0.25, -0.2) is 9.97 Å². The number of aliphatic hydroxyl groups is 1. The van der Waals surface area contributed by atoms with Gasteiger partial charge in [0, 0.05) is 31.4 Å². The Morgan fingerprint density at radius 3 is 2.77 bits per heavy atom. The third kappa shape index (κ3) is 3.73. The lowest BCUT2D eigenvalue weighted by Gasteiger charge is -2.38. The molecule has 3 atom stereocenters. The molecule has 5 rings (SSSR count). The van der Waals surface area contributed by atoms with E-state index in [4.69, 9.17) is 18.9 Å². The molecule has 8 heteroatoms. The van der Waals surface area contributed by atoms with Gasteiger partial charge in [-0.15, -0.1) is 0 Å². The van der Waals surface area contributed by atoms with E-state index in [1.165, 1.54) is 0 Å². The van der Waals surface area contributed by atoms with E-state index in [9.17, 15) is 5.11 Å². The van der Waals surface area contributed by atoms with Crippen LogP contribution in [0.1, 0.15) is 43.0 Å². The van der Waals surface area contributed by atoms with E-state index in [-0.39, 0.29) is 24.2 Å². The number of likely N-dealkylation sites (tertiary alicyclic amines) is 1. The number of ether oxygens (including phenoxy) is 2. The van der Waals surface area contributed by atoms with Crippen molar-refractivity contribution in [1.82, 2.24) is 14.9 Å². The molecule has 0 saturated carbocycles. The number of morpholine rings is 1. The van der Waals surface area contributed by atoms with Crippen LogP contribution in [0, 0.1) is 0 Å². The molecule has 0 bridgehead atoms. The van der Waals surface area contributed by atoms with E-state index in [0.717, 1.165) is 62.1 Å². The Morgan fingerprint density at radius 2 is 2.00 bits per heavy atom. The smallest absolute Gasteiger partial charge is 0.225 e. The van der Waals surface area contributed by atoms with Gasteiger partial charge in [0.2, 0.25) is 5.95 Å². The second kappa shape index (κ2) is 7.92. The fourth-order valence-electron chi connectivity index (χ4n) is 5.10. The van der Waals surface area contributed by atoms with Gasteiger partial charge in [-0.3, -0.25) is 4.90 Å². The number of hydrogen-bond donors (Lipinski definition) is 1. The first-order valence-corrected chi connectivity index (χ1v) is 10.8. The molecule has 30 heavy (non-hydrogen) atoms. The lowest BCUT2D eigenvalue weighted by atomic mass is 9.80. The summed E-state index contributed by atoms with van der Waals surface area (Å²) in [6.45, 7) is 9.58. The van der Waals surface area contributed by atoms with Gasteiger partial charge >= 0.3 is 0 Å². The van der Waals surface area contributed by atoms with Crippen molar-refractivity contribution in [2.75, 3.05) is 37.7 Å². The predicted octanol–water partition coefficient (Wildman–Crippen LogP) is 1.85. The third-order valence-electron chi connectivity index (χ3n) is 6.38. The number of hydrogen-bond acceptors (Lipinski definition) is 8. The molecular weight excluding hydrogens is 384 g/mol. The number of aliphatic hydroxyl groups excluding tert-OH is 1. The van der Waals surface area contributed by atoms with Crippen LogP contribution in [0.3, 0.4) is 0 Å². The van der Waals surface area contributed by atoms with E-state index in [2.05, 4.69) is 28.6 Å². The molecule has 0 amide bonds. The van der Waals surface area contributed by atoms with Gasteiger partial charge < -0.3 is 23.9 Å². The first kappa shape index (κ1) is 19.9. The zero-order valence-electron chi connectivity index (χ0n) is 17.7. The maximum absolute atomic E-state index is 9.24. The lowest BCUT2D eigenvalue weighted by Crippen LogP contribution is -2.47. The molecule has 2 aromatic heterocycles. The Balaban J connectivity index is 1.37. The highest BCUT2D eigenvalue weighted by atomic mass is 16.5. The minimum absolute atomic E-state index is 0.0658. The van der Waals surface area contributed by atoms with Crippen molar-refractivity contribution in [3.8, 4) is 0 Å². The van der Waals surface area contributed by atoms with E-state index in [0.29, 0.717) is 19.0 Å². The first-order chi connectivity index (χ1) is 14.5. The molecule has 1 N–H and O–H groups in total. The summed E-state index contributed by atoms with van der Waals surface area (Å²) in [5.41, 5.74) is 2.13. The van der Waals surface area contributed by atoms with E-state index < -0.39 is 0 Å². The maximum Gasteiger partial charge on any atom is 0.225 e. The summed E-state index contributed by atoms with van der Waals surface area (Å²) in [5, 5.41) is 9.24. The normalized spacial score (nSPS) is 29.5. The van der Waals surface area contributed by atoms with Crippen LogP contribution in [0.5, 0.6) is 0 Å². The van der Waals surface area contributed by atoms with Crippen LogP contribution < -0.4 is 4.90 Å². The molecule has 2 saturated heterocycles. The average molecular weight is 415 g/mol. The zero-order valence-corrected chi connectivity index (χ0v) is 17.7. The molecule has 0 aromatic carbocycles. The van der Waals surface area contributed by atoms with Gasteiger partial charge in [0.25, 0.3) is 0 Å². The Kier molecular flexibility index (Phi) is 5.26. The molecule has 0 aliphatic carbocycles. The summed E-state index contributed by atoms with van der Waals surface area (Å²) in [7, 11) is 0. The summed E-state index contributed by atoms with van der Waals surface area (Å²) < 4.78 is 17.5. The highest BCUT2D eigenvalue weighted by Crippen LogP contribution is 2.40. The van der Waals surface area contributed by atoms with Crippen molar-refractivity contribution in [3.63, 3.8) is 0 Å². The molecule has 1 spiro atoms. The lowest BCUT2D eigenvalue weighted by molar-refractivity contribution is -0.00584. The fourth-order valence-corrected chi connectivity index (χ4v) is 5.10. The summed E-state index contributed by atoms with van der Waals surface area (Å²) in [4.78, 5) is 14.4. The predicted molar refractivity (Wildman–Crippen MR) is 110 cm³/mol. The summed E-state index contributed by atoms with van der Waals surface area (Å²) in [6.07, 6.45) is 3.29. The van der Waals surface area contributed by atoms with Crippen molar-refractivity contribution < 1.29 is 19.0 Å². The second-order valence-electron chi connectivity index (χ2n) is 8.97. The molecule has 2 fully saturated rings. The standard InChI is InChI=1S/C22H30N4O4/c1-15-8-26(9-16(2)29-15)21-23-7-17-12-28-14-22(20(17)24-21)5-6-25(13-22)10-18-3-4-19(11-27)30-18/h3-4,7,15-16,27H,5-6,8-14H2,1-2H3/t15-,16+,22-/m1/s1. The van der Waals surface area contributed by atoms with Crippen LogP contribution >= 0.6 is 0 Å². The number of fused-ring (bicyclic) bond motifs is 2. The summed E-state index contributed by atoms with van der Waals surface area (Å²) in [5.74, 6) is 2.29. The first-order valence-electron chi connectivity index (χ1n) is 10.8. The van der Waals surface area contributed by atoms with Crippen molar-refractivity contribution in [3.05, 3.63) is 41.1 Å². The minimum atomic E-state index is -0.110. The quantitative estimate of drug-likeness (QED) is 0.812. The zero-order chi connectivity index (χ0) is 20.7. The minimum Gasteiger partial charge on any atom is -0.462 e. The van der Waals surface area contributed by atoms with E-state index in [1.54, 1.807) is 0 Å². The van der Waals surface area contributed by atoms with Gasteiger partial charge in [-0.05, 0) is 38.9 Å². The van der Waals surface area contributed by atoms with E-state index in [1.807, 2.05) is 18.3 Å². The molecule has 0 radical (unpaired) electrons. The largest absolute Gasteiger partial charge is 0.462 e. The highest BCUT2D eigenvalue weighted by Gasteiger charge is 2.45. The maximum atomic E-state index is 9.24. The van der Waals surface area contributed by atoms with Crippen LogP contribution in [-0.2, 0) is 34.6 Å². The average Bonchev–Trinajstić information content (AvgIpc) is 3.35. The SMILES string of the molecule is C[C@@H]1CN(c2ncc3c(n2)[C@@]2(CCN(Cc4ccc(CO)o4)C2)COC3)C[C@H](C)O1. The summed E-state index contributed by atoms with van der Waals surface area (Å²) >= 11 is 0. The van der Waals surface area contributed by atoms with Gasteiger partial charge in [0.05, 0.1) is 43.1 Å². The van der Waals surface area contributed by atoms with Crippen LogP contribution in [0.2, 0.25) is 0 Å². The van der Waals surface area contributed by atoms with Crippen LogP contribution in [0.4, 0.5) is 5.95 Å². The second-order valence-corrected chi connectivity index (χ2v) is 8.97. The monoisotopic (exact) mass is 414 g/mol. The molecule has 0 unspecified atom stereocenters. The van der Waals surface area contributed by atoms with Crippen LogP contribution in [0.25, 0.3) is 0 Å². The Morgan fingerprint density at radius 1 is 1.20 bits per heavy atom. The van der Waals surface area contributed by atoms with E-state index >= 15 is 0 Å². The molecule has 8 nitrogen and oxygen atoms in total. The van der Waals surface area contributed by atoms with Crippen molar-refractivity contribution in [1.29, 1.82) is 0 Å². The number of rotatable bonds is 4. The Labute approximate surface area is 176 Å². The molecule has 2 aromatic rings. The molecule has 5 heterocycles. The van der Waals surface area contributed by atoms with Crippen molar-refractivity contribution in [2.45, 2.75) is 57.6 Å². The fraction of sp³-hybridized carbons (Fsp3) is 0.636. The Bertz CT molecular complexity index is 893. The summed E-state index contributed by atoms with van der Waals surface area (Å²) in [6, 6.07) is 3.78. The molecule has 162 valence electrons. The topological polar surface area (TPSA) is 84.1 Å². The molecular formula is C22H30N4O4. The number of nitrogens with zero attached hydrogens (tertiary/aromatic N) is 4. The van der Waals surface area contributed by atoms with Gasteiger partial charge in [-0.1, -0.05) is 0 Å². The van der Waals surface area contributed by atoms with Crippen LogP contribution in [0.15, 0.2) is 22.7 Å².